The lowest BCUT2D eigenvalue weighted by atomic mass is 10.0. The van der Waals surface area contributed by atoms with Gasteiger partial charge in [-0.15, -0.1) is 0 Å². The molecule has 2 aromatic carbocycles. The van der Waals surface area contributed by atoms with E-state index in [1.807, 2.05) is 0 Å². The topological polar surface area (TPSA) is 96.5 Å². The van der Waals surface area contributed by atoms with E-state index in [1.165, 1.54) is 26.2 Å². The Bertz CT molecular complexity index is 897. The number of hydrogen-bond acceptors (Lipinski definition) is 4. The third-order valence-corrected chi connectivity index (χ3v) is 4.13. The number of anilines is 2. The minimum Gasteiger partial charge on any atom is -0.497 e. The van der Waals surface area contributed by atoms with Crippen LogP contribution in [0.25, 0.3) is 0 Å². The van der Waals surface area contributed by atoms with Crippen LogP contribution < -0.4 is 20.7 Å². The molecule has 3 N–H and O–H groups in total. The number of halogens is 1. The van der Waals surface area contributed by atoms with Crippen molar-refractivity contribution >= 4 is 29.1 Å². The number of benzene rings is 2. The molecule has 7 nitrogen and oxygen atoms in total. The Morgan fingerprint density at radius 1 is 1.00 bits per heavy atom. The smallest absolute Gasteiger partial charge is 0.251 e. The number of amides is 3. The zero-order chi connectivity index (χ0) is 21.6. The molecule has 0 saturated carbocycles. The van der Waals surface area contributed by atoms with Gasteiger partial charge in [-0.25, -0.2) is 4.39 Å². The molecule has 1 atom stereocenters. The number of carbonyl (C=O) groups is 3. The summed E-state index contributed by atoms with van der Waals surface area (Å²) >= 11 is 0. The molecule has 0 fully saturated rings. The lowest BCUT2D eigenvalue weighted by molar-refractivity contribution is -0.119. The Morgan fingerprint density at radius 2 is 1.66 bits per heavy atom. The van der Waals surface area contributed by atoms with E-state index in [4.69, 9.17) is 4.74 Å². The number of rotatable bonds is 7. The molecule has 8 heteroatoms. The van der Waals surface area contributed by atoms with Crippen molar-refractivity contribution in [1.29, 1.82) is 0 Å². The van der Waals surface area contributed by atoms with Gasteiger partial charge in [0.25, 0.3) is 5.91 Å². The van der Waals surface area contributed by atoms with Crippen LogP contribution >= 0.6 is 0 Å². The van der Waals surface area contributed by atoms with E-state index in [9.17, 15) is 18.8 Å². The minimum atomic E-state index is -0.895. The van der Waals surface area contributed by atoms with Crippen molar-refractivity contribution in [2.24, 2.45) is 5.92 Å². The van der Waals surface area contributed by atoms with E-state index in [0.29, 0.717) is 17.0 Å². The molecular formula is C21H24FN3O4. The van der Waals surface area contributed by atoms with Crippen molar-refractivity contribution in [3.05, 3.63) is 53.8 Å². The van der Waals surface area contributed by atoms with Gasteiger partial charge in [-0.05, 0) is 48.4 Å². The van der Waals surface area contributed by atoms with Gasteiger partial charge >= 0.3 is 0 Å². The Morgan fingerprint density at radius 3 is 2.21 bits per heavy atom. The average Bonchev–Trinajstić information content (AvgIpc) is 2.67. The molecule has 3 amide bonds. The van der Waals surface area contributed by atoms with Gasteiger partial charge in [-0.1, -0.05) is 13.8 Å². The predicted octanol–water partition coefficient (Wildman–Crippen LogP) is 3.19. The Labute approximate surface area is 168 Å². The van der Waals surface area contributed by atoms with Gasteiger partial charge in [0.05, 0.1) is 12.8 Å². The molecule has 0 aliphatic rings. The van der Waals surface area contributed by atoms with E-state index >= 15 is 0 Å². The lowest BCUT2D eigenvalue weighted by Gasteiger charge is -2.22. The molecule has 1 unspecified atom stereocenters. The van der Waals surface area contributed by atoms with E-state index in [0.717, 1.165) is 6.07 Å². The molecule has 29 heavy (non-hydrogen) atoms. The number of methoxy groups -OCH3 is 1. The van der Waals surface area contributed by atoms with Crippen LogP contribution in [0.5, 0.6) is 5.75 Å². The van der Waals surface area contributed by atoms with Gasteiger partial charge in [0, 0.05) is 18.2 Å². The third-order valence-electron chi connectivity index (χ3n) is 4.13. The van der Waals surface area contributed by atoms with E-state index in [1.54, 1.807) is 38.1 Å². The highest BCUT2D eigenvalue weighted by Crippen LogP contribution is 2.21. The number of nitrogens with one attached hydrogen (secondary N) is 3. The molecule has 0 bridgehead atoms. The van der Waals surface area contributed by atoms with Gasteiger partial charge in [-0.2, -0.15) is 0 Å². The monoisotopic (exact) mass is 401 g/mol. The summed E-state index contributed by atoms with van der Waals surface area (Å²) in [5.41, 5.74) is 0.617. The molecule has 0 radical (unpaired) electrons. The Balaban J connectivity index is 2.15. The maximum absolute atomic E-state index is 14.1. The maximum atomic E-state index is 14.1. The fraction of sp³-hybridized carbons (Fsp3) is 0.286. The zero-order valence-electron chi connectivity index (χ0n) is 16.7. The van der Waals surface area contributed by atoms with Gasteiger partial charge in [0.2, 0.25) is 11.8 Å². The highest BCUT2D eigenvalue weighted by atomic mass is 19.1. The summed E-state index contributed by atoms with van der Waals surface area (Å²) in [4.78, 5) is 36.4. The maximum Gasteiger partial charge on any atom is 0.251 e. The largest absolute Gasteiger partial charge is 0.497 e. The second kappa shape index (κ2) is 9.68. The third kappa shape index (κ3) is 6.03. The van der Waals surface area contributed by atoms with Crippen molar-refractivity contribution in [3.63, 3.8) is 0 Å². The molecular weight excluding hydrogens is 377 g/mol. The quantitative estimate of drug-likeness (QED) is 0.664. The highest BCUT2D eigenvalue weighted by molar-refractivity contribution is 6.01. The molecule has 0 saturated heterocycles. The van der Waals surface area contributed by atoms with Crippen molar-refractivity contribution in [3.8, 4) is 5.75 Å². The van der Waals surface area contributed by atoms with Gasteiger partial charge in [0.15, 0.2) is 0 Å². The number of hydrogen-bond donors (Lipinski definition) is 3. The van der Waals surface area contributed by atoms with Gasteiger partial charge in [-0.3, -0.25) is 14.4 Å². The van der Waals surface area contributed by atoms with Crippen LogP contribution in [0.15, 0.2) is 42.5 Å². The van der Waals surface area contributed by atoms with Crippen LogP contribution in [0.1, 0.15) is 31.1 Å². The second-order valence-electron chi connectivity index (χ2n) is 6.79. The first-order valence-corrected chi connectivity index (χ1v) is 9.04. The summed E-state index contributed by atoms with van der Waals surface area (Å²) in [6.45, 7) is 4.86. The summed E-state index contributed by atoms with van der Waals surface area (Å²) in [6, 6.07) is 9.40. The zero-order valence-corrected chi connectivity index (χ0v) is 16.7. The number of ether oxygens (including phenoxy) is 1. The Kier molecular flexibility index (Phi) is 7.30. The van der Waals surface area contributed by atoms with Crippen LogP contribution in [0, 0.1) is 11.7 Å². The summed E-state index contributed by atoms with van der Waals surface area (Å²) < 4.78 is 19.2. The number of carbonyl (C=O) groups excluding carboxylic acids is 3. The molecule has 0 aliphatic carbocycles. The van der Waals surface area contributed by atoms with Crippen LogP contribution in [-0.4, -0.2) is 30.9 Å². The van der Waals surface area contributed by atoms with Crippen LogP contribution in [0.2, 0.25) is 0 Å². The summed E-state index contributed by atoms with van der Waals surface area (Å²) in [5.74, 6) is -1.63. The first kappa shape index (κ1) is 21.9. The van der Waals surface area contributed by atoms with Gasteiger partial charge in [0.1, 0.15) is 17.6 Å². The van der Waals surface area contributed by atoms with E-state index in [-0.39, 0.29) is 17.5 Å². The van der Waals surface area contributed by atoms with Crippen LogP contribution in [0.3, 0.4) is 0 Å². The van der Waals surface area contributed by atoms with E-state index in [2.05, 4.69) is 16.0 Å². The van der Waals surface area contributed by atoms with Crippen molar-refractivity contribution < 1.29 is 23.5 Å². The van der Waals surface area contributed by atoms with Crippen LogP contribution in [-0.2, 0) is 9.59 Å². The Hall–Kier alpha value is -3.42. The molecule has 154 valence electrons. The second-order valence-corrected chi connectivity index (χ2v) is 6.79. The van der Waals surface area contributed by atoms with Crippen LogP contribution in [0.4, 0.5) is 15.8 Å². The fourth-order valence-electron chi connectivity index (χ4n) is 2.61. The molecule has 0 aromatic heterocycles. The highest BCUT2D eigenvalue weighted by Gasteiger charge is 2.25. The first-order valence-electron chi connectivity index (χ1n) is 9.04. The standard InChI is InChI=1S/C21H24FN3O4/c1-12(2)19(25-20(27)14-5-8-16(29-4)9-6-14)21(28)24-18-11-15(23-13(3)26)7-10-17(18)22/h5-12,19H,1-4H3,(H,23,26)(H,24,28)(H,25,27). The lowest BCUT2D eigenvalue weighted by Crippen LogP contribution is -2.47. The SMILES string of the molecule is COc1ccc(C(=O)NC(C(=O)Nc2cc(NC(C)=O)ccc2F)C(C)C)cc1. The normalized spacial score (nSPS) is 11.5. The molecule has 0 heterocycles. The summed E-state index contributed by atoms with van der Waals surface area (Å²) in [6.07, 6.45) is 0. The first-order chi connectivity index (χ1) is 13.7. The van der Waals surface area contributed by atoms with Crippen molar-refractivity contribution in [2.75, 3.05) is 17.7 Å². The predicted molar refractivity (Wildman–Crippen MR) is 108 cm³/mol. The fourth-order valence-corrected chi connectivity index (χ4v) is 2.61. The van der Waals surface area contributed by atoms with Crippen molar-refractivity contribution in [2.45, 2.75) is 26.8 Å². The van der Waals surface area contributed by atoms with Gasteiger partial charge < -0.3 is 20.7 Å². The van der Waals surface area contributed by atoms with Crippen molar-refractivity contribution in [1.82, 2.24) is 5.32 Å². The summed E-state index contributed by atoms with van der Waals surface area (Å²) in [5, 5.41) is 7.68. The molecule has 0 spiro atoms. The molecule has 0 aliphatic heterocycles. The summed E-state index contributed by atoms with van der Waals surface area (Å²) in [7, 11) is 1.52. The molecule has 2 aromatic rings. The van der Waals surface area contributed by atoms with E-state index < -0.39 is 23.7 Å². The molecule has 2 rings (SSSR count). The minimum absolute atomic E-state index is 0.0920. The average molecular weight is 401 g/mol.